The molecule has 20 heavy (non-hydrogen) atoms. The average Bonchev–Trinajstić information content (AvgIpc) is 2.43. The Morgan fingerprint density at radius 2 is 2.20 bits per heavy atom. The van der Waals surface area contributed by atoms with Crippen molar-refractivity contribution >= 4 is 29.9 Å². The minimum atomic E-state index is 0. The van der Waals surface area contributed by atoms with E-state index in [9.17, 15) is 0 Å². The van der Waals surface area contributed by atoms with Crippen LogP contribution >= 0.6 is 24.0 Å². The fourth-order valence-corrected chi connectivity index (χ4v) is 1.98. The number of unbranched alkanes of at least 4 members (excludes halogenated alkanes) is 1. The average molecular weight is 390 g/mol. The third kappa shape index (κ3) is 6.54. The molecule has 0 radical (unpaired) electrons. The number of aromatic nitrogens is 1. The first-order valence-electron chi connectivity index (χ1n) is 7.00. The number of nitrogens with zero attached hydrogens (tertiary/aromatic N) is 3. The van der Waals surface area contributed by atoms with Gasteiger partial charge in [-0.25, -0.2) is 0 Å². The van der Waals surface area contributed by atoms with E-state index in [1.807, 2.05) is 19.4 Å². The Balaban J connectivity index is 0.00000361. The number of halogens is 1. The normalized spacial score (nSPS) is 10.9. The summed E-state index contributed by atoms with van der Waals surface area (Å²) >= 11 is 0. The van der Waals surface area contributed by atoms with Gasteiger partial charge in [-0.1, -0.05) is 13.3 Å². The standard InChI is InChI=1S/C15H26N4.HI/c1-5-6-11-19(4)15(16-3)18-10-8-14-7-9-17-12-13(14)2;/h7,9,12H,5-6,8,10-11H2,1-4H3,(H,16,18);1H. The molecule has 0 fully saturated rings. The van der Waals surface area contributed by atoms with Crippen LogP contribution in [0.1, 0.15) is 30.9 Å². The summed E-state index contributed by atoms with van der Waals surface area (Å²) < 4.78 is 0. The fourth-order valence-electron chi connectivity index (χ4n) is 1.98. The molecule has 0 unspecified atom stereocenters. The Labute approximate surface area is 140 Å². The molecule has 0 aliphatic rings. The molecule has 0 bridgehead atoms. The number of nitrogens with one attached hydrogen (secondary N) is 1. The fraction of sp³-hybridized carbons (Fsp3) is 0.600. The van der Waals surface area contributed by atoms with Crippen molar-refractivity contribution in [3.05, 3.63) is 29.6 Å². The lowest BCUT2D eigenvalue weighted by Crippen LogP contribution is -2.40. The summed E-state index contributed by atoms with van der Waals surface area (Å²) in [6, 6.07) is 2.08. The molecule has 1 heterocycles. The molecule has 1 rings (SSSR count). The molecule has 0 saturated heterocycles. The van der Waals surface area contributed by atoms with Crippen LogP contribution in [0.4, 0.5) is 0 Å². The van der Waals surface area contributed by atoms with Gasteiger partial charge in [-0.05, 0) is 37.0 Å². The van der Waals surface area contributed by atoms with Gasteiger partial charge in [-0.3, -0.25) is 9.98 Å². The summed E-state index contributed by atoms with van der Waals surface area (Å²) in [6.45, 7) is 6.25. The Morgan fingerprint density at radius 1 is 1.45 bits per heavy atom. The summed E-state index contributed by atoms with van der Waals surface area (Å²) in [5.74, 6) is 0.972. The van der Waals surface area contributed by atoms with E-state index in [1.165, 1.54) is 24.0 Å². The van der Waals surface area contributed by atoms with Gasteiger partial charge in [0.15, 0.2) is 5.96 Å². The van der Waals surface area contributed by atoms with Crippen molar-refractivity contribution in [2.75, 3.05) is 27.2 Å². The SMILES string of the molecule is CCCCN(C)C(=NC)NCCc1ccncc1C.I. The van der Waals surface area contributed by atoms with E-state index in [2.05, 4.69) is 47.2 Å². The van der Waals surface area contributed by atoms with Gasteiger partial charge < -0.3 is 10.2 Å². The first kappa shape index (κ1) is 19.1. The highest BCUT2D eigenvalue weighted by molar-refractivity contribution is 14.0. The lowest BCUT2D eigenvalue weighted by Gasteiger charge is -2.21. The molecule has 0 aliphatic carbocycles. The zero-order chi connectivity index (χ0) is 14.1. The van der Waals surface area contributed by atoms with Crippen molar-refractivity contribution in [2.45, 2.75) is 33.1 Å². The van der Waals surface area contributed by atoms with E-state index < -0.39 is 0 Å². The van der Waals surface area contributed by atoms with E-state index in [4.69, 9.17) is 0 Å². The van der Waals surface area contributed by atoms with E-state index in [0.717, 1.165) is 25.5 Å². The number of hydrogen-bond acceptors (Lipinski definition) is 2. The Bertz CT molecular complexity index is 407. The molecule has 1 aromatic heterocycles. The third-order valence-corrected chi connectivity index (χ3v) is 3.23. The van der Waals surface area contributed by atoms with Crippen LogP contribution in [0.15, 0.2) is 23.5 Å². The van der Waals surface area contributed by atoms with E-state index in [1.54, 1.807) is 0 Å². The van der Waals surface area contributed by atoms with Crippen LogP contribution < -0.4 is 5.32 Å². The van der Waals surface area contributed by atoms with Crippen LogP contribution in [0.25, 0.3) is 0 Å². The Morgan fingerprint density at radius 3 is 2.80 bits per heavy atom. The molecule has 0 saturated carbocycles. The molecular weight excluding hydrogens is 363 g/mol. The summed E-state index contributed by atoms with van der Waals surface area (Å²) in [5, 5.41) is 3.41. The molecule has 114 valence electrons. The monoisotopic (exact) mass is 390 g/mol. The molecule has 1 aromatic rings. The Kier molecular flexibility index (Phi) is 10.4. The highest BCUT2D eigenvalue weighted by atomic mass is 127. The second-order valence-corrected chi connectivity index (χ2v) is 4.80. The van der Waals surface area contributed by atoms with E-state index in [-0.39, 0.29) is 24.0 Å². The van der Waals surface area contributed by atoms with Gasteiger partial charge in [0.05, 0.1) is 0 Å². The largest absolute Gasteiger partial charge is 0.356 e. The van der Waals surface area contributed by atoms with Gasteiger partial charge in [-0.15, -0.1) is 24.0 Å². The van der Waals surface area contributed by atoms with Crippen LogP contribution in [0.3, 0.4) is 0 Å². The van der Waals surface area contributed by atoms with Crippen LogP contribution in [0.2, 0.25) is 0 Å². The number of hydrogen-bond donors (Lipinski definition) is 1. The van der Waals surface area contributed by atoms with Crippen molar-refractivity contribution in [3.63, 3.8) is 0 Å². The van der Waals surface area contributed by atoms with Crippen LogP contribution in [0, 0.1) is 6.92 Å². The first-order chi connectivity index (χ1) is 9.19. The topological polar surface area (TPSA) is 40.5 Å². The molecule has 1 N–H and O–H groups in total. The number of aryl methyl sites for hydroxylation is 1. The summed E-state index contributed by atoms with van der Waals surface area (Å²) in [4.78, 5) is 10.6. The van der Waals surface area contributed by atoms with Crippen LogP contribution in [-0.4, -0.2) is 43.0 Å². The highest BCUT2D eigenvalue weighted by Gasteiger charge is 2.04. The van der Waals surface area contributed by atoms with Crippen molar-refractivity contribution in [3.8, 4) is 0 Å². The minimum Gasteiger partial charge on any atom is -0.356 e. The van der Waals surface area contributed by atoms with Crippen LogP contribution in [-0.2, 0) is 6.42 Å². The van der Waals surface area contributed by atoms with Gasteiger partial charge in [-0.2, -0.15) is 0 Å². The number of rotatable bonds is 6. The number of aliphatic imine (C=N–C) groups is 1. The molecule has 5 heteroatoms. The second kappa shape index (κ2) is 10.9. The summed E-state index contributed by atoms with van der Waals surface area (Å²) in [7, 11) is 3.92. The maximum Gasteiger partial charge on any atom is 0.193 e. The van der Waals surface area contributed by atoms with Gasteiger partial charge >= 0.3 is 0 Å². The molecule has 0 amide bonds. The van der Waals surface area contributed by atoms with E-state index >= 15 is 0 Å². The van der Waals surface area contributed by atoms with E-state index in [0.29, 0.717) is 0 Å². The number of guanidine groups is 1. The first-order valence-corrected chi connectivity index (χ1v) is 7.00. The molecular formula is C15H27IN4. The third-order valence-electron chi connectivity index (χ3n) is 3.23. The lowest BCUT2D eigenvalue weighted by molar-refractivity contribution is 0.465. The van der Waals surface area contributed by atoms with Crippen LogP contribution in [0.5, 0.6) is 0 Å². The van der Waals surface area contributed by atoms with Crippen molar-refractivity contribution < 1.29 is 0 Å². The zero-order valence-electron chi connectivity index (χ0n) is 13.0. The van der Waals surface area contributed by atoms with Crippen molar-refractivity contribution in [2.24, 2.45) is 4.99 Å². The molecule has 4 nitrogen and oxygen atoms in total. The molecule has 0 atom stereocenters. The van der Waals surface area contributed by atoms with Gasteiger partial charge in [0.25, 0.3) is 0 Å². The maximum atomic E-state index is 4.31. The zero-order valence-corrected chi connectivity index (χ0v) is 15.3. The summed E-state index contributed by atoms with van der Waals surface area (Å²) in [5.41, 5.74) is 2.59. The van der Waals surface area contributed by atoms with Crippen molar-refractivity contribution in [1.29, 1.82) is 0 Å². The highest BCUT2D eigenvalue weighted by Crippen LogP contribution is 2.05. The molecule has 0 aromatic carbocycles. The molecule has 0 aliphatic heterocycles. The van der Waals surface area contributed by atoms with Crippen molar-refractivity contribution in [1.82, 2.24) is 15.2 Å². The minimum absolute atomic E-state index is 0. The van der Waals surface area contributed by atoms with Gasteiger partial charge in [0.1, 0.15) is 0 Å². The van der Waals surface area contributed by atoms with Gasteiger partial charge in [0.2, 0.25) is 0 Å². The predicted molar refractivity (Wildman–Crippen MR) is 97.0 cm³/mol. The lowest BCUT2D eigenvalue weighted by atomic mass is 10.1. The quantitative estimate of drug-likeness (QED) is 0.461. The molecule has 0 spiro atoms. The second-order valence-electron chi connectivity index (χ2n) is 4.80. The Hall–Kier alpha value is -0.850. The predicted octanol–water partition coefficient (Wildman–Crippen LogP) is 2.86. The van der Waals surface area contributed by atoms with Gasteiger partial charge in [0, 0.05) is 39.6 Å². The maximum absolute atomic E-state index is 4.31. The smallest absolute Gasteiger partial charge is 0.193 e. The summed E-state index contributed by atoms with van der Waals surface area (Å²) in [6.07, 6.45) is 7.16. The number of pyridine rings is 1.